The summed E-state index contributed by atoms with van der Waals surface area (Å²) in [6, 6.07) is 11.5. The minimum absolute atomic E-state index is 0.403. The molecule has 2 unspecified atom stereocenters. The van der Waals surface area contributed by atoms with Gasteiger partial charge in [0.05, 0.1) is 0 Å². The lowest BCUT2D eigenvalue weighted by Crippen LogP contribution is -2.45. The molecule has 0 bridgehead atoms. The van der Waals surface area contributed by atoms with Gasteiger partial charge in [-0.1, -0.05) is 44.0 Å². The largest absolute Gasteiger partial charge is 0.489 e. The van der Waals surface area contributed by atoms with Crippen molar-refractivity contribution in [3.05, 3.63) is 64.2 Å². The average Bonchev–Trinajstić information content (AvgIpc) is 3.16. The molecule has 2 aromatic rings. The first kappa shape index (κ1) is 22.0. The van der Waals surface area contributed by atoms with Gasteiger partial charge in [0, 0.05) is 29.7 Å². The number of hydrogen-bond acceptors (Lipinski definition) is 5. The van der Waals surface area contributed by atoms with Crippen LogP contribution in [0.5, 0.6) is 11.5 Å². The molecule has 1 fully saturated rings. The lowest BCUT2D eigenvalue weighted by Gasteiger charge is -2.34. The Labute approximate surface area is 194 Å². The molecular formula is C27H31NO5. The molecule has 0 amide bonds. The summed E-state index contributed by atoms with van der Waals surface area (Å²) < 4.78 is 12.1. The van der Waals surface area contributed by atoms with Crippen molar-refractivity contribution in [1.29, 1.82) is 0 Å². The zero-order valence-corrected chi connectivity index (χ0v) is 19.0. The zero-order chi connectivity index (χ0) is 23.0. The van der Waals surface area contributed by atoms with Crippen molar-refractivity contribution in [1.82, 2.24) is 4.90 Å². The maximum absolute atomic E-state index is 11.6. The van der Waals surface area contributed by atoms with Crippen LogP contribution in [0.15, 0.2) is 42.0 Å². The normalized spacial score (nSPS) is 24.3. The number of nitrogens with zero attached hydrogens (tertiary/aromatic N) is 1. The van der Waals surface area contributed by atoms with Crippen LogP contribution in [0.1, 0.15) is 54.9 Å². The van der Waals surface area contributed by atoms with Crippen molar-refractivity contribution in [3.8, 4) is 11.5 Å². The Kier molecular flexibility index (Phi) is 5.89. The van der Waals surface area contributed by atoms with Crippen molar-refractivity contribution >= 4 is 12.0 Å². The fourth-order valence-electron chi connectivity index (χ4n) is 5.19. The van der Waals surface area contributed by atoms with Crippen molar-refractivity contribution in [3.63, 3.8) is 0 Å². The summed E-state index contributed by atoms with van der Waals surface area (Å²) in [7, 11) is 0. The third-order valence-electron chi connectivity index (χ3n) is 6.92. The van der Waals surface area contributed by atoms with Crippen LogP contribution in [0.2, 0.25) is 0 Å². The molecule has 0 saturated carbocycles. The minimum atomic E-state index is -1.40. The van der Waals surface area contributed by atoms with Gasteiger partial charge in [-0.05, 0) is 55.2 Å². The van der Waals surface area contributed by atoms with Crippen LogP contribution in [0.25, 0.3) is 6.08 Å². The molecule has 2 N–H and O–H groups in total. The molecule has 2 aromatic carbocycles. The zero-order valence-electron chi connectivity index (χ0n) is 19.0. The number of carboxylic acid groups (broad SMARTS) is 1. The Morgan fingerprint density at radius 3 is 2.88 bits per heavy atom. The maximum Gasteiger partial charge on any atom is 0.320 e. The Morgan fingerprint density at radius 1 is 1.18 bits per heavy atom. The number of rotatable bonds is 6. The predicted octanol–water partition coefficient (Wildman–Crippen LogP) is 4.13. The Morgan fingerprint density at radius 2 is 2.06 bits per heavy atom. The monoisotopic (exact) mass is 449 g/mol. The number of piperidine rings is 1. The highest BCUT2D eigenvalue weighted by Crippen LogP contribution is 2.42. The number of carboxylic acids is 1. The highest BCUT2D eigenvalue weighted by molar-refractivity contribution is 5.73. The first-order valence-corrected chi connectivity index (χ1v) is 11.9. The number of benzene rings is 2. The number of aryl methyl sites for hydroxylation is 1. The number of aliphatic carboxylic acids is 1. The SMILES string of the molecule is CCCc1ccc2c(c1)OC(O)(c1ccc3c(c1)OCC(CN1CCCCC1C(=O)O)=C3)C2. The highest BCUT2D eigenvalue weighted by Gasteiger charge is 2.40. The second-order valence-corrected chi connectivity index (χ2v) is 9.42. The number of ether oxygens (including phenoxy) is 2. The first-order chi connectivity index (χ1) is 15.9. The quantitative estimate of drug-likeness (QED) is 0.690. The highest BCUT2D eigenvalue weighted by atomic mass is 16.6. The van der Waals surface area contributed by atoms with Crippen LogP contribution in [0.4, 0.5) is 0 Å². The van der Waals surface area contributed by atoms with Gasteiger partial charge in [-0.15, -0.1) is 0 Å². The van der Waals surface area contributed by atoms with E-state index in [9.17, 15) is 15.0 Å². The van der Waals surface area contributed by atoms with Gasteiger partial charge in [0.1, 0.15) is 24.1 Å². The third kappa shape index (κ3) is 4.37. The molecule has 3 aliphatic heterocycles. The molecule has 174 valence electrons. The van der Waals surface area contributed by atoms with Gasteiger partial charge in [-0.25, -0.2) is 0 Å². The van der Waals surface area contributed by atoms with Gasteiger partial charge in [0.2, 0.25) is 5.79 Å². The van der Waals surface area contributed by atoms with Crippen LogP contribution in [-0.2, 0) is 23.4 Å². The summed E-state index contributed by atoms with van der Waals surface area (Å²) in [6.45, 7) is 3.96. The van der Waals surface area contributed by atoms with Crippen LogP contribution >= 0.6 is 0 Å². The first-order valence-electron chi connectivity index (χ1n) is 11.9. The number of aliphatic hydroxyl groups is 1. The smallest absolute Gasteiger partial charge is 0.320 e. The Hall–Kier alpha value is -2.83. The molecular weight excluding hydrogens is 418 g/mol. The van der Waals surface area contributed by atoms with Gasteiger partial charge in [-0.2, -0.15) is 0 Å². The molecule has 33 heavy (non-hydrogen) atoms. The van der Waals surface area contributed by atoms with Crippen LogP contribution in [0, 0.1) is 0 Å². The summed E-state index contributed by atoms with van der Waals surface area (Å²) in [5, 5.41) is 20.8. The molecule has 0 spiro atoms. The van der Waals surface area contributed by atoms with E-state index in [0.29, 0.717) is 37.3 Å². The van der Waals surface area contributed by atoms with E-state index < -0.39 is 17.8 Å². The molecule has 0 radical (unpaired) electrons. The molecule has 3 heterocycles. The number of fused-ring (bicyclic) bond motifs is 2. The number of likely N-dealkylation sites (tertiary alicyclic amines) is 1. The van der Waals surface area contributed by atoms with Crippen molar-refractivity contribution in [2.45, 2.75) is 57.3 Å². The summed E-state index contributed by atoms with van der Waals surface area (Å²) >= 11 is 0. The lowest BCUT2D eigenvalue weighted by molar-refractivity contribution is -0.144. The third-order valence-corrected chi connectivity index (χ3v) is 6.92. The van der Waals surface area contributed by atoms with E-state index in [2.05, 4.69) is 19.1 Å². The standard InChI is InChI=1S/C27H31NO5/c1-2-5-18-7-8-21-15-27(31,33-25(21)13-18)22-10-9-20-12-19(17-32-24(20)14-22)16-28-11-4-3-6-23(28)26(29)30/h7-10,12-14,23,31H,2-6,11,15-17H2,1H3,(H,29,30). The van der Waals surface area contributed by atoms with E-state index in [1.54, 1.807) is 0 Å². The minimum Gasteiger partial charge on any atom is -0.489 e. The van der Waals surface area contributed by atoms with Crippen molar-refractivity contribution in [2.24, 2.45) is 0 Å². The van der Waals surface area contributed by atoms with Crippen LogP contribution in [0.3, 0.4) is 0 Å². The van der Waals surface area contributed by atoms with Gasteiger partial charge in [-0.3, -0.25) is 9.69 Å². The molecule has 2 atom stereocenters. The molecule has 5 rings (SSSR count). The summed E-state index contributed by atoms with van der Waals surface area (Å²) in [5.74, 6) is -0.689. The summed E-state index contributed by atoms with van der Waals surface area (Å²) in [6.07, 6.45) is 7.23. The topological polar surface area (TPSA) is 79.2 Å². The van der Waals surface area contributed by atoms with Gasteiger partial charge in [0.15, 0.2) is 0 Å². The summed E-state index contributed by atoms with van der Waals surface area (Å²) in [5.41, 5.74) is 4.90. The predicted molar refractivity (Wildman–Crippen MR) is 125 cm³/mol. The summed E-state index contributed by atoms with van der Waals surface area (Å²) in [4.78, 5) is 13.6. The fourth-order valence-corrected chi connectivity index (χ4v) is 5.19. The second kappa shape index (κ2) is 8.84. The maximum atomic E-state index is 11.6. The van der Waals surface area contributed by atoms with Gasteiger partial charge >= 0.3 is 5.97 Å². The van der Waals surface area contributed by atoms with E-state index in [0.717, 1.165) is 54.7 Å². The van der Waals surface area contributed by atoms with E-state index in [4.69, 9.17) is 9.47 Å². The van der Waals surface area contributed by atoms with E-state index >= 15 is 0 Å². The van der Waals surface area contributed by atoms with Gasteiger partial charge < -0.3 is 19.7 Å². The Bertz CT molecular complexity index is 1090. The molecule has 1 saturated heterocycles. The molecule has 3 aliphatic rings. The average molecular weight is 450 g/mol. The number of carbonyl (C=O) groups is 1. The van der Waals surface area contributed by atoms with E-state index in [-0.39, 0.29) is 0 Å². The van der Waals surface area contributed by atoms with Crippen molar-refractivity contribution in [2.75, 3.05) is 19.7 Å². The van der Waals surface area contributed by atoms with E-state index in [1.165, 1.54) is 5.56 Å². The molecule has 0 aromatic heterocycles. The molecule has 6 nitrogen and oxygen atoms in total. The van der Waals surface area contributed by atoms with Crippen LogP contribution < -0.4 is 9.47 Å². The van der Waals surface area contributed by atoms with Crippen LogP contribution in [-0.4, -0.2) is 46.8 Å². The molecule has 6 heteroatoms. The van der Waals surface area contributed by atoms with Gasteiger partial charge in [0.25, 0.3) is 0 Å². The molecule has 0 aliphatic carbocycles. The Balaban J connectivity index is 1.33. The fraction of sp³-hybridized carbons (Fsp3) is 0.444. The van der Waals surface area contributed by atoms with Crippen molar-refractivity contribution < 1.29 is 24.5 Å². The number of hydrogen-bond donors (Lipinski definition) is 2. The lowest BCUT2D eigenvalue weighted by atomic mass is 9.96. The second-order valence-electron chi connectivity index (χ2n) is 9.42. The van der Waals surface area contributed by atoms with E-state index in [1.807, 2.05) is 35.2 Å².